The molecule has 14 heavy (non-hydrogen) atoms. The third-order valence-corrected chi connectivity index (χ3v) is 3.82. The normalized spacial score (nSPS) is 11.6. The summed E-state index contributed by atoms with van der Waals surface area (Å²) >= 11 is 3.25. The number of halogens is 1. The quantitative estimate of drug-likeness (QED) is 0.913. The van der Waals surface area contributed by atoms with E-state index in [-0.39, 0.29) is 5.88 Å². The minimum absolute atomic E-state index is 0.00880. The van der Waals surface area contributed by atoms with Gasteiger partial charge in [-0.15, -0.1) is 0 Å². The van der Waals surface area contributed by atoms with Crippen molar-refractivity contribution in [1.29, 1.82) is 0 Å². The Bertz CT molecular complexity index is 386. The van der Waals surface area contributed by atoms with Gasteiger partial charge >= 0.3 is 0 Å². The molecule has 0 spiro atoms. The van der Waals surface area contributed by atoms with Gasteiger partial charge in [-0.1, -0.05) is 22.9 Å². The fourth-order valence-electron chi connectivity index (χ4n) is 0.962. The first-order valence-corrected chi connectivity index (χ1v) is 6.70. The average Bonchev–Trinajstić information content (AvgIpc) is 2.16. The van der Waals surface area contributed by atoms with Crippen molar-refractivity contribution in [2.45, 2.75) is 11.8 Å². The molecule has 0 bridgehead atoms. The lowest BCUT2D eigenvalue weighted by Gasteiger charge is -2.04. The summed E-state index contributed by atoms with van der Waals surface area (Å²) in [5, 5.41) is 2.80. The highest BCUT2D eigenvalue weighted by molar-refractivity contribution is 9.10. The largest absolute Gasteiger partial charge is 0.304 e. The van der Waals surface area contributed by atoms with Gasteiger partial charge in [0.2, 0.25) is 0 Å². The number of nitrogens with one attached hydrogen (secondary N) is 1. The second-order valence-corrected chi connectivity index (χ2v) is 5.72. The molecule has 3 nitrogen and oxygen atoms in total. The number of rotatable bonds is 4. The molecular weight excluding hydrogens is 266 g/mol. The summed E-state index contributed by atoms with van der Waals surface area (Å²) in [4.78, 5) is 0.349. The molecule has 0 aliphatic heterocycles. The summed E-state index contributed by atoms with van der Waals surface area (Å²) in [5.41, 5.74) is 0. The highest BCUT2D eigenvalue weighted by atomic mass is 79.9. The van der Waals surface area contributed by atoms with Gasteiger partial charge in [0, 0.05) is 4.47 Å². The van der Waals surface area contributed by atoms with Crippen LogP contribution in [0.2, 0.25) is 0 Å². The lowest BCUT2D eigenvalue weighted by molar-refractivity contribution is 0.588. The van der Waals surface area contributed by atoms with Crippen LogP contribution in [0.25, 0.3) is 0 Å². The van der Waals surface area contributed by atoms with E-state index in [0.29, 0.717) is 11.4 Å². The van der Waals surface area contributed by atoms with E-state index in [1.807, 2.05) is 6.92 Å². The Morgan fingerprint density at radius 1 is 1.29 bits per heavy atom. The second kappa shape index (κ2) is 4.91. The van der Waals surface area contributed by atoms with E-state index in [1.165, 1.54) is 0 Å². The standard InChI is InChI=1S/C9H12BrNO2S/c1-2-11-7-14(12,13)9-5-3-8(10)4-6-9/h3-6,11H,2,7H2,1H3. The molecule has 78 valence electrons. The molecule has 0 aliphatic carbocycles. The van der Waals surface area contributed by atoms with Gasteiger partial charge in [0.15, 0.2) is 9.84 Å². The van der Waals surface area contributed by atoms with Crippen molar-refractivity contribution >= 4 is 25.8 Å². The van der Waals surface area contributed by atoms with Crippen LogP contribution in [-0.4, -0.2) is 20.8 Å². The van der Waals surface area contributed by atoms with E-state index in [1.54, 1.807) is 24.3 Å². The van der Waals surface area contributed by atoms with Gasteiger partial charge in [-0.25, -0.2) is 8.42 Å². The molecule has 0 aromatic heterocycles. The lowest BCUT2D eigenvalue weighted by Crippen LogP contribution is -2.22. The third kappa shape index (κ3) is 3.08. The highest BCUT2D eigenvalue weighted by Crippen LogP contribution is 2.15. The fraction of sp³-hybridized carbons (Fsp3) is 0.333. The molecule has 0 amide bonds. The van der Waals surface area contributed by atoms with E-state index in [4.69, 9.17) is 0 Å². The van der Waals surface area contributed by atoms with Gasteiger partial charge in [-0.05, 0) is 30.8 Å². The summed E-state index contributed by atoms with van der Waals surface area (Å²) < 4.78 is 24.1. The molecule has 0 heterocycles. The van der Waals surface area contributed by atoms with Gasteiger partial charge in [-0.3, -0.25) is 0 Å². The first kappa shape index (κ1) is 11.7. The van der Waals surface area contributed by atoms with Gasteiger partial charge < -0.3 is 5.32 Å². The van der Waals surface area contributed by atoms with Crippen molar-refractivity contribution < 1.29 is 8.42 Å². The predicted molar refractivity (Wildman–Crippen MR) is 59.9 cm³/mol. The zero-order chi connectivity index (χ0) is 10.6. The summed E-state index contributed by atoms with van der Waals surface area (Å²) in [5.74, 6) is -0.00880. The van der Waals surface area contributed by atoms with Crippen LogP contribution in [-0.2, 0) is 9.84 Å². The first-order chi connectivity index (χ1) is 6.56. The Kier molecular flexibility index (Phi) is 4.10. The van der Waals surface area contributed by atoms with Crippen molar-refractivity contribution in [3.63, 3.8) is 0 Å². The van der Waals surface area contributed by atoms with Crippen LogP contribution in [0, 0.1) is 0 Å². The van der Waals surface area contributed by atoms with E-state index in [9.17, 15) is 8.42 Å². The summed E-state index contributed by atoms with van der Waals surface area (Å²) in [6.45, 7) is 2.52. The van der Waals surface area contributed by atoms with Gasteiger partial charge in [-0.2, -0.15) is 0 Å². The summed E-state index contributed by atoms with van der Waals surface area (Å²) in [6, 6.07) is 6.63. The molecule has 1 rings (SSSR count). The van der Waals surface area contributed by atoms with Crippen LogP contribution >= 0.6 is 15.9 Å². The van der Waals surface area contributed by atoms with Crippen molar-refractivity contribution in [2.75, 3.05) is 12.4 Å². The predicted octanol–water partition coefficient (Wildman–Crippen LogP) is 1.79. The van der Waals surface area contributed by atoms with E-state index in [2.05, 4.69) is 21.2 Å². The lowest BCUT2D eigenvalue weighted by atomic mass is 10.4. The Morgan fingerprint density at radius 3 is 2.36 bits per heavy atom. The Hall–Kier alpha value is -0.390. The molecule has 1 aromatic carbocycles. The third-order valence-electron chi connectivity index (χ3n) is 1.71. The van der Waals surface area contributed by atoms with E-state index >= 15 is 0 Å². The number of hydrogen-bond donors (Lipinski definition) is 1. The number of hydrogen-bond acceptors (Lipinski definition) is 3. The van der Waals surface area contributed by atoms with Crippen molar-refractivity contribution in [3.05, 3.63) is 28.7 Å². The molecular formula is C9H12BrNO2S. The maximum absolute atomic E-state index is 11.6. The van der Waals surface area contributed by atoms with Crippen LogP contribution in [0.5, 0.6) is 0 Å². The Morgan fingerprint density at radius 2 is 1.86 bits per heavy atom. The summed E-state index contributed by atoms with van der Waals surface area (Å²) in [6.07, 6.45) is 0. The van der Waals surface area contributed by atoms with E-state index < -0.39 is 9.84 Å². The molecule has 0 fully saturated rings. The van der Waals surface area contributed by atoms with Gasteiger partial charge in [0.25, 0.3) is 0 Å². The minimum atomic E-state index is -3.17. The Balaban J connectivity index is 2.87. The SMILES string of the molecule is CCNCS(=O)(=O)c1ccc(Br)cc1. The molecule has 5 heteroatoms. The van der Waals surface area contributed by atoms with E-state index in [0.717, 1.165) is 4.47 Å². The minimum Gasteiger partial charge on any atom is -0.304 e. The number of sulfone groups is 1. The molecule has 0 radical (unpaired) electrons. The maximum atomic E-state index is 11.6. The highest BCUT2D eigenvalue weighted by Gasteiger charge is 2.12. The first-order valence-electron chi connectivity index (χ1n) is 4.25. The molecule has 0 saturated carbocycles. The maximum Gasteiger partial charge on any atom is 0.191 e. The smallest absolute Gasteiger partial charge is 0.191 e. The van der Waals surface area contributed by atoms with Crippen LogP contribution in [0.3, 0.4) is 0 Å². The van der Waals surface area contributed by atoms with Crippen LogP contribution in [0.4, 0.5) is 0 Å². The molecule has 1 aromatic rings. The zero-order valence-electron chi connectivity index (χ0n) is 7.83. The molecule has 0 atom stereocenters. The van der Waals surface area contributed by atoms with Gasteiger partial charge in [0.1, 0.15) is 5.88 Å². The molecule has 0 unspecified atom stereocenters. The molecule has 0 saturated heterocycles. The monoisotopic (exact) mass is 277 g/mol. The van der Waals surface area contributed by atoms with Gasteiger partial charge in [0.05, 0.1) is 4.90 Å². The van der Waals surface area contributed by atoms with Crippen molar-refractivity contribution in [3.8, 4) is 0 Å². The van der Waals surface area contributed by atoms with Crippen LogP contribution in [0.15, 0.2) is 33.6 Å². The molecule has 0 aliphatic rings. The van der Waals surface area contributed by atoms with Crippen LogP contribution in [0.1, 0.15) is 6.92 Å². The van der Waals surface area contributed by atoms with Crippen molar-refractivity contribution in [1.82, 2.24) is 5.32 Å². The zero-order valence-corrected chi connectivity index (χ0v) is 10.2. The Labute approximate surface area is 92.6 Å². The molecule has 1 N–H and O–H groups in total. The number of benzene rings is 1. The average molecular weight is 278 g/mol. The van der Waals surface area contributed by atoms with Crippen molar-refractivity contribution in [2.24, 2.45) is 0 Å². The topological polar surface area (TPSA) is 46.2 Å². The fourth-order valence-corrected chi connectivity index (χ4v) is 2.42. The summed E-state index contributed by atoms with van der Waals surface area (Å²) in [7, 11) is -3.17. The van der Waals surface area contributed by atoms with Crippen LogP contribution < -0.4 is 5.32 Å². The second-order valence-electron chi connectivity index (χ2n) is 2.82.